The maximum absolute atomic E-state index is 12.3. The lowest BCUT2D eigenvalue weighted by atomic mass is 9.71. The van der Waals surface area contributed by atoms with E-state index in [-0.39, 0.29) is 17.4 Å². The normalized spacial score (nSPS) is 19.6. The lowest BCUT2D eigenvalue weighted by molar-refractivity contribution is -0.124. The number of amides is 1. The molecular weight excluding hydrogens is 268 g/mol. The molecule has 1 unspecified atom stereocenters. The van der Waals surface area contributed by atoms with Crippen molar-refractivity contribution in [3.8, 4) is 0 Å². The number of carbonyl (C=O) groups excluding carboxylic acids is 1. The average molecular weight is 294 g/mol. The van der Waals surface area contributed by atoms with Crippen LogP contribution in [-0.4, -0.2) is 12.5 Å². The lowest BCUT2D eigenvalue weighted by Crippen LogP contribution is -2.39. The zero-order valence-corrected chi connectivity index (χ0v) is 13.4. The second kappa shape index (κ2) is 6.72. The van der Waals surface area contributed by atoms with Gasteiger partial charge in [-0.2, -0.15) is 0 Å². The first-order valence-corrected chi connectivity index (χ1v) is 8.42. The van der Waals surface area contributed by atoms with Crippen molar-refractivity contribution in [2.75, 3.05) is 6.54 Å². The molecule has 3 N–H and O–H groups in total. The monoisotopic (exact) mass is 294 g/mol. The molecule has 1 aliphatic rings. The van der Waals surface area contributed by atoms with Crippen molar-refractivity contribution < 1.29 is 4.79 Å². The molecule has 1 amide bonds. The van der Waals surface area contributed by atoms with Crippen LogP contribution < -0.4 is 11.1 Å². The van der Waals surface area contributed by atoms with Crippen molar-refractivity contribution in [3.63, 3.8) is 0 Å². The van der Waals surface area contributed by atoms with Crippen LogP contribution in [0.5, 0.6) is 0 Å². The molecule has 2 rings (SSSR count). The van der Waals surface area contributed by atoms with E-state index < -0.39 is 0 Å². The van der Waals surface area contributed by atoms with Gasteiger partial charge in [-0.25, -0.2) is 0 Å². The maximum atomic E-state index is 12.3. The highest BCUT2D eigenvalue weighted by molar-refractivity contribution is 7.12. The van der Waals surface area contributed by atoms with E-state index in [1.54, 1.807) is 11.3 Å². The number of hydrogen-bond donors (Lipinski definition) is 2. The molecule has 1 aliphatic carbocycles. The summed E-state index contributed by atoms with van der Waals surface area (Å²) in [5.41, 5.74) is 6.00. The summed E-state index contributed by atoms with van der Waals surface area (Å²) in [6.07, 6.45) is 6.49. The molecule has 3 nitrogen and oxygen atoms in total. The van der Waals surface area contributed by atoms with Gasteiger partial charge in [0.05, 0.1) is 6.04 Å². The van der Waals surface area contributed by atoms with Crippen LogP contribution in [0.25, 0.3) is 0 Å². The van der Waals surface area contributed by atoms with E-state index in [2.05, 4.69) is 31.3 Å². The zero-order chi connectivity index (χ0) is 14.6. The van der Waals surface area contributed by atoms with Gasteiger partial charge in [-0.05, 0) is 50.8 Å². The molecule has 0 aliphatic heterocycles. The first-order chi connectivity index (χ1) is 9.54. The Morgan fingerprint density at radius 3 is 2.65 bits per heavy atom. The highest BCUT2D eigenvalue weighted by Crippen LogP contribution is 2.38. The third-order valence-corrected chi connectivity index (χ3v) is 5.63. The zero-order valence-electron chi connectivity index (χ0n) is 12.6. The fourth-order valence-electron chi connectivity index (χ4n) is 3.15. The topological polar surface area (TPSA) is 55.1 Å². The Morgan fingerprint density at radius 1 is 1.40 bits per heavy atom. The summed E-state index contributed by atoms with van der Waals surface area (Å²) >= 11 is 1.75. The number of nitrogens with one attached hydrogen (secondary N) is 1. The SMILES string of the molecule is Cc1ccc(C(C)NC(=O)CC2(CN)CCCCC2)s1. The Morgan fingerprint density at radius 2 is 2.10 bits per heavy atom. The van der Waals surface area contributed by atoms with Gasteiger partial charge < -0.3 is 11.1 Å². The van der Waals surface area contributed by atoms with Gasteiger partial charge in [-0.3, -0.25) is 4.79 Å². The summed E-state index contributed by atoms with van der Waals surface area (Å²) in [6.45, 7) is 4.78. The molecule has 1 heterocycles. The Balaban J connectivity index is 1.91. The van der Waals surface area contributed by atoms with Crippen LogP contribution >= 0.6 is 11.3 Å². The molecule has 4 heteroatoms. The summed E-state index contributed by atoms with van der Waals surface area (Å²) < 4.78 is 0. The first-order valence-electron chi connectivity index (χ1n) is 7.60. The van der Waals surface area contributed by atoms with Gasteiger partial charge in [0.15, 0.2) is 0 Å². The maximum Gasteiger partial charge on any atom is 0.221 e. The molecule has 1 saturated carbocycles. The summed E-state index contributed by atoms with van der Waals surface area (Å²) in [5.74, 6) is 0.149. The molecule has 0 spiro atoms. The lowest BCUT2D eigenvalue weighted by Gasteiger charge is -2.35. The van der Waals surface area contributed by atoms with Crippen molar-refractivity contribution in [2.24, 2.45) is 11.1 Å². The smallest absolute Gasteiger partial charge is 0.221 e. The summed E-state index contributed by atoms with van der Waals surface area (Å²) in [5, 5.41) is 3.13. The van der Waals surface area contributed by atoms with E-state index in [1.807, 2.05) is 0 Å². The fourth-order valence-corrected chi connectivity index (χ4v) is 4.02. The van der Waals surface area contributed by atoms with Gasteiger partial charge in [0, 0.05) is 16.2 Å². The standard InChI is InChI=1S/C16H26N2OS/c1-12-6-7-14(20-12)13(2)18-15(19)10-16(11-17)8-4-3-5-9-16/h6-7,13H,3-5,8-11,17H2,1-2H3,(H,18,19). The molecule has 0 saturated heterocycles. The summed E-state index contributed by atoms with van der Waals surface area (Å²) in [4.78, 5) is 14.8. The molecule has 1 aromatic heterocycles. The van der Waals surface area contributed by atoms with E-state index in [4.69, 9.17) is 5.73 Å². The number of nitrogens with two attached hydrogens (primary N) is 1. The number of aryl methyl sites for hydroxylation is 1. The largest absolute Gasteiger partial charge is 0.349 e. The van der Waals surface area contributed by atoms with E-state index >= 15 is 0 Å². The minimum absolute atomic E-state index is 0.0490. The Labute approximate surface area is 125 Å². The van der Waals surface area contributed by atoms with E-state index in [1.165, 1.54) is 29.0 Å². The molecule has 0 aromatic carbocycles. The molecular formula is C16H26N2OS. The average Bonchev–Trinajstić information content (AvgIpc) is 2.86. The van der Waals surface area contributed by atoms with Crippen LogP contribution in [0, 0.1) is 12.3 Å². The Hall–Kier alpha value is -0.870. The molecule has 1 fully saturated rings. The van der Waals surface area contributed by atoms with E-state index in [0.29, 0.717) is 13.0 Å². The van der Waals surface area contributed by atoms with Crippen molar-refractivity contribution in [1.82, 2.24) is 5.32 Å². The number of carbonyl (C=O) groups is 1. The van der Waals surface area contributed by atoms with E-state index in [9.17, 15) is 4.79 Å². The van der Waals surface area contributed by atoms with Crippen LogP contribution in [0.1, 0.15) is 61.2 Å². The third kappa shape index (κ3) is 3.83. The molecule has 0 bridgehead atoms. The number of hydrogen-bond acceptors (Lipinski definition) is 3. The Kier molecular flexibility index (Phi) is 5.22. The predicted octanol–water partition coefficient (Wildman–Crippen LogP) is 3.53. The highest BCUT2D eigenvalue weighted by atomic mass is 32.1. The Bertz CT molecular complexity index is 449. The third-order valence-electron chi connectivity index (χ3n) is 4.45. The van der Waals surface area contributed by atoms with Gasteiger partial charge in [0.1, 0.15) is 0 Å². The van der Waals surface area contributed by atoms with Crippen molar-refractivity contribution in [2.45, 2.75) is 58.4 Å². The fraction of sp³-hybridized carbons (Fsp3) is 0.688. The van der Waals surface area contributed by atoms with Crippen molar-refractivity contribution in [1.29, 1.82) is 0 Å². The van der Waals surface area contributed by atoms with Gasteiger partial charge in [-0.15, -0.1) is 11.3 Å². The molecule has 0 radical (unpaired) electrons. The second-order valence-electron chi connectivity index (χ2n) is 6.18. The van der Waals surface area contributed by atoms with Gasteiger partial charge in [-0.1, -0.05) is 19.3 Å². The molecule has 20 heavy (non-hydrogen) atoms. The minimum atomic E-state index is 0.0490. The van der Waals surface area contributed by atoms with Crippen LogP contribution in [0.4, 0.5) is 0 Å². The second-order valence-corrected chi connectivity index (χ2v) is 7.50. The van der Waals surface area contributed by atoms with Crippen LogP contribution in [0.2, 0.25) is 0 Å². The first kappa shape index (κ1) is 15.5. The predicted molar refractivity (Wildman–Crippen MR) is 84.8 cm³/mol. The van der Waals surface area contributed by atoms with Crippen LogP contribution in [-0.2, 0) is 4.79 Å². The van der Waals surface area contributed by atoms with Crippen molar-refractivity contribution >= 4 is 17.2 Å². The van der Waals surface area contributed by atoms with Crippen molar-refractivity contribution in [3.05, 3.63) is 21.9 Å². The molecule has 1 atom stereocenters. The van der Waals surface area contributed by atoms with E-state index in [0.717, 1.165) is 12.8 Å². The molecule has 1 aromatic rings. The highest BCUT2D eigenvalue weighted by Gasteiger charge is 2.33. The van der Waals surface area contributed by atoms with Crippen LogP contribution in [0.15, 0.2) is 12.1 Å². The van der Waals surface area contributed by atoms with Gasteiger partial charge >= 0.3 is 0 Å². The van der Waals surface area contributed by atoms with Gasteiger partial charge in [0.2, 0.25) is 5.91 Å². The summed E-state index contributed by atoms with van der Waals surface area (Å²) in [6, 6.07) is 4.30. The van der Waals surface area contributed by atoms with Gasteiger partial charge in [0.25, 0.3) is 0 Å². The number of rotatable bonds is 5. The molecule has 112 valence electrons. The summed E-state index contributed by atoms with van der Waals surface area (Å²) in [7, 11) is 0. The minimum Gasteiger partial charge on any atom is -0.349 e. The quantitative estimate of drug-likeness (QED) is 0.873. The number of thiophene rings is 1. The van der Waals surface area contributed by atoms with Crippen LogP contribution in [0.3, 0.4) is 0 Å².